The first kappa shape index (κ1) is 58.9. The van der Waals surface area contributed by atoms with E-state index in [2.05, 4.69) is 31.9 Å². The summed E-state index contributed by atoms with van der Waals surface area (Å²) in [6.45, 7) is 10.4. The maximum Gasteiger partial charge on any atom is 0.305 e. The second kappa shape index (κ2) is 28.3. The number of nitrogens with two attached hydrogens (primary N) is 1. The third kappa shape index (κ3) is 20.6. The highest BCUT2D eigenvalue weighted by atomic mass is 16.4. The fraction of sp³-hybridized carbons (Fsp3) is 0.521. The van der Waals surface area contributed by atoms with Gasteiger partial charge in [-0.25, -0.2) is 0 Å². The van der Waals surface area contributed by atoms with Gasteiger partial charge in [-0.3, -0.25) is 58.1 Å². The molecule has 0 saturated carbocycles. The van der Waals surface area contributed by atoms with Crippen molar-refractivity contribution in [2.24, 2.45) is 17.1 Å². The molecule has 1 unspecified atom stereocenters. The fourth-order valence-corrected chi connectivity index (χ4v) is 7.18. The predicted molar refractivity (Wildman–Crippen MR) is 251 cm³/mol. The number of ketones is 2. The molecule has 70 heavy (non-hydrogen) atoms. The molecular formula is C48H67N7O15. The molecule has 0 aliphatic carbocycles. The number of carboxylic acids is 3. The molecule has 0 heterocycles. The van der Waals surface area contributed by atoms with Gasteiger partial charge >= 0.3 is 17.9 Å². The average Bonchev–Trinajstić information content (AvgIpc) is 3.27. The van der Waals surface area contributed by atoms with E-state index < -0.39 is 145 Å². The predicted octanol–water partition coefficient (Wildman–Crippen LogP) is 1.17. The van der Waals surface area contributed by atoms with E-state index in [1.165, 1.54) is 36.4 Å². The molecule has 0 saturated heterocycles. The molecule has 2 rings (SSSR count). The SMILES string of the molecule is CCCC[C@H](NC(=O)[C@H](CC(C)C)NC(=O)[C@@H](NC(=O)[C@H](Cc1ccc(O)cc1)NC(C(=O)[C@H](CCC(=O)O)NC(=O)[C@H](CC(=O)O)NC(=O)CCC(=O)O)c1ccccc1)C(C)(C)C)C(=O)C(N)=O. The zero-order chi connectivity index (χ0) is 52.9. The van der Waals surface area contributed by atoms with Crippen LogP contribution in [0, 0.1) is 11.3 Å². The molecule has 12 N–H and O–H groups in total. The molecule has 2 aromatic rings. The van der Waals surface area contributed by atoms with Crippen molar-refractivity contribution in [2.45, 2.75) is 148 Å². The van der Waals surface area contributed by atoms with Gasteiger partial charge in [-0.1, -0.05) is 96.8 Å². The van der Waals surface area contributed by atoms with Gasteiger partial charge in [-0.05, 0) is 60.3 Å². The highest BCUT2D eigenvalue weighted by Gasteiger charge is 2.40. The third-order valence-corrected chi connectivity index (χ3v) is 10.9. The molecule has 22 heteroatoms. The minimum Gasteiger partial charge on any atom is -0.508 e. The van der Waals surface area contributed by atoms with Gasteiger partial charge in [-0.2, -0.15) is 0 Å². The van der Waals surface area contributed by atoms with Gasteiger partial charge < -0.3 is 52.7 Å². The Kier molecular flexibility index (Phi) is 23.8. The van der Waals surface area contributed by atoms with Gasteiger partial charge in [0.1, 0.15) is 23.9 Å². The first-order valence-electron chi connectivity index (χ1n) is 22.9. The number of aromatic hydroxyl groups is 1. The van der Waals surface area contributed by atoms with Crippen LogP contribution in [-0.4, -0.2) is 122 Å². The van der Waals surface area contributed by atoms with Crippen LogP contribution in [0.15, 0.2) is 54.6 Å². The van der Waals surface area contributed by atoms with Gasteiger partial charge in [-0.15, -0.1) is 0 Å². The molecule has 6 amide bonds. The van der Waals surface area contributed by atoms with E-state index in [4.69, 9.17) is 10.8 Å². The summed E-state index contributed by atoms with van der Waals surface area (Å²) in [5, 5.41) is 53.8. The normalized spacial score (nSPS) is 14.3. The lowest BCUT2D eigenvalue weighted by Gasteiger charge is -2.34. The van der Waals surface area contributed by atoms with E-state index in [0.717, 1.165) is 0 Å². The molecule has 22 nitrogen and oxygen atoms in total. The Balaban J connectivity index is 2.67. The number of hydrogen-bond acceptors (Lipinski definition) is 13. The largest absolute Gasteiger partial charge is 0.508 e. The monoisotopic (exact) mass is 981 g/mol. The number of carbonyl (C=O) groups is 11. The van der Waals surface area contributed by atoms with E-state index >= 15 is 0 Å². The zero-order valence-electron chi connectivity index (χ0n) is 40.2. The van der Waals surface area contributed by atoms with Crippen LogP contribution in [0.2, 0.25) is 0 Å². The van der Waals surface area contributed by atoms with Crippen molar-refractivity contribution in [3.05, 3.63) is 65.7 Å². The lowest BCUT2D eigenvalue weighted by atomic mass is 9.85. The number of benzene rings is 2. The van der Waals surface area contributed by atoms with Crippen LogP contribution in [0.5, 0.6) is 5.75 Å². The summed E-state index contributed by atoms with van der Waals surface area (Å²) in [4.78, 5) is 143. The standard InChI is InChI=1S/C48H67N7O15/c1-7-8-14-30(41(65)43(49)66)52-44(67)32(23-26(2)3)54-47(70)42(48(4,5)6)55-46(69)33(24-27-15-17-29(56)18-16-27)51-39(28-12-10-9-11-13-28)40(64)31(19-21-36(58)59)53-45(68)34(25-38(62)63)50-35(57)20-22-37(60)61/h9-13,15-18,26,30-34,39,42,51,56H,7-8,14,19-25H2,1-6H3,(H2,49,66)(H,50,57)(H,52,67)(H,53,68)(H,54,70)(H,55,69)(H,58,59)(H,60,61)(H,62,63)/t30-,31-,32-,33-,34-,39?,42+/m0/s1. The van der Waals surface area contributed by atoms with Crippen molar-refractivity contribution in [1.82, 2.24) is 31.9 Å². The number of primary amides is 1. The molecule has 0 radical (unpaired) electrons. The number of rotatable bonds is 31. The number of phenols is 1. The molecule has 7 atom stereocenters. The number of carbonyl (C=O) groups excluding carboxylic acids is 8. The van der Waals surface area contributed by atoms with Gasteiger partial charge in [0.2, 0.25) is 35.3 Å². The number of phenolic OH excluding ortho intramolecular Hbond substituents is 1. The molecule has 0 aliphatic rings. The first-order valence-corrected chi connectivity index (χ1v) is 22.9. The number of Topliss-reactive ketones (excluding diaryl/α,β-unsaturated/α-hetero) is 2. The van der Waals surface area contributed by atoms with Crippen molar-refractivity contribution in [3.63, 3.8) is 0 Å². The summed E-state index contributed by atoms with van der Waals surface area (Å²) in [7, 11) is 0. The Hall–Kier alpha value is -7.23. The Labute approximate surface area is 405 Å². The minimum atomic E-state index is -1.83. The topological polar surface area (TPSA) is 367 Å². The van der Waals surface area contributed by atoms with Gasteiger partial charge in [0, 0.05) is 12.8 Å². The van der Waals surface area contributed by atoms with Crippen LogP contribution in [0.1, 0.15) is 116 Å². The summed E-state index contributed by atoms with van der Waals surface area (Å²) in [6, 6.07) is 3.06. The zero-order valence-corrected chi connectivity index (χ0v) is 40.2. The van der Waals surface area contributed by atoms with Crippen LogP contribution in [0.4, 0.5) is 0 Å². The molecule has 0 aromatic heterocycles. The van der Waals surface area contributed by atoms with Crippen LogP contribution in [-0.2, 0) is 59.2 Å². The minimum absolute atomic E-state index is 0.0767. The highest BCUT2D eigenvalue weighted by Crippen LogP contribution is 2.24. The summed E-state index contributed by atoms with van der Waals surface area (Å²) in [6.07, 6.45) is -2.41. The third-order valence-electron chi connectivity index (χ3n) is 10.9. The summed E-state index contributed by atoms with van der Waals surface area (Å²) in [5.41, 5.74) is 4.86. The van der Waals surface area contributed by atoms with E-state index in [1.807, 2.05) is 6.92 Å². The summed E-state index contributed by atoms with van der Waals surface area (Å²) >= 11 is 0. The Bertz CT molecular complexity index is 2180. The molecule has 0 fully saturated rings. The average molecular weight is 982 g/mol. The molecule has 0 bridgehead atoms. The number of amides is 6. The molecule has 0 aliphatic heterocycles. The lowest BCUT2D eigenvalue weighted by molar-refractivity contribution is -0.142. The number of unbranched alkanes of at least 4 members (excludes halogenated alkanes) is 1. The van der Waals surface area contributed by atoms with E-state index in [0.29, 0.717) is 18.4 Å². The molecule has 2 aromatic carbocycles. The summed E-state index contributed by atoms with van der Waals surface area (Å²) < 4.78 is 0. The summed E-state index contributed by atoms with van der Waals surface area (Å²) in [5.74, 6) is -12.3. The number of nitrogens with one attached hydrogen (secondary N) is 6. The van der Waals surface area contributed by atoms with Gasteiger partial charge in [0.15, 0.2) is 5.78 Å². The first-order chi connectivity index (χ1) is 32.7. The Morgan fingerprint density at radius 2 is 1.17 bits per heavy atom. The molecule has 0 spiro atoms. The second-order valence-corrected chi connectivity index (χ2v) is 18.4. The van der Waals surface area contributed by atoms with Crippen LogP contribution >= 0.6 is 0 Å². The number of hydrogen-bond donors (Lipinski definition) is 11. The van der Waals surface area contributed by atoms with Crippen molar-refractivity contribution in [1.29, 1.82) is 0 Å². The molecular weight excluding hydrogens is 915 g/mol. The van der Waals surface area contributed by atoms with Crippen molar-refractivity contribution in [2.75, 3.05) is 0 Å². The maximum atomic E-state index is 14.8. The Morgan fingerprint density at radius 1 is 0.614 bits per heavy atom. The van der Waals surface area contributed by atoms with E-state index in [1.54, 1.807) is 52.8 Å². The van der Waals surface area contributed by atoms with Crippen molar-refractivity contribution < 1.29 is 73.2 Å². The van der Waals surface area contributed by atoms with Gasteiger partial charge in [0.05, 0.1) is 37.0 Å². The lowest BCUT2D eigenvalue weighted by Crippen LogP contribution is -2.61. The maximum absolute atomic E-state index is 14.8. The van der Waals surface area contributed by atoms with Crippen molar-refractivity contribution in [3.8, 4) is 5.75 Å². The number of aliphatic carboxylic acids is 3. The van der Waals surface area contributed by atoms with Gasteiger partial charge in [0.25, 0.3) is 5.91 Å². The highest BCUT2D eigenvalue weighted by molar-refractivity contribution is 6.37. The van der Waals surface area contributed by atoms with Crippen molar-refractivity contribution >= 4 is 64.9 Å². The quantitative estimate of drug-likeness (QED) is 0.0472. The van der Waals surface area contributed by atoms with Crippen LogP contribution in [0.25, 0.3) is 0 Å². The van der Waals surface area contributed by atoms with E-state index in [-0.39, 0.29) is 36.5 Å². The molecule has 384 valence electrons. The van der Waals surface area contributed by atoms with Crippen LogP contribution < -0.4 is 37.6 Å². The Morgan fingerprint density at radius 3 is 1.70 bits per heavy atom. The van der Waals surface area contributed by atoms with E-state index in [9.17, 15) is 68.1 Å². The second-order valence-electron chi connectivity index (χ2n) is 18.4. The smallest absolute Gasteiger partial charge is 0.305 e. The fourth-order valence-electron chi connectivity index (χ4n) is 7.18. The van der Waals surface area contributed by atoms with Crippen LogP contribution in [0.3, 0.4) is 0 Å². The number of carboxylic acid groups (broad SMARTS) is 3.